The quantitative estimate of drug-likeness (QED) is 0.509. The van der Waals surface area contributed by atoms with Crippen LogP contribution >= 0.6 is 0 Å². The van der Waals surface area contributed by atoms with Crippen molar-refractivity contribution < 1.29 is 4.74 Å². The summed E-state index contributed by atoms with van der Waals surface area (Å²) in [4.78, 5) is 4.41. The Morgan fingerprint density at radius 2 is 2.10 bits per heavy atom. The van der Waals surface area contributed by atoms with Crippen LogP contribution in [0.5, 0.6) is 5.75 Å². The van der Waals surface area contributed by atoms with E-state index >= 15 is 0 Å². The van der Waals surface area contributed by atoms with Gasteiger partial charge in [-0.2, -0.15) is 5.10 Å². The molecular weight excluding hydrogens is 390 g/mol. The van der Waals surface area contributed by atoms with Crippen molar-refractivity contribution in [2.45, 2.75) is 39.8 Å². The highest BCUT2D eigenvalue weighted by molar-refractivity contribution is 5.70. The Balaban J connectivity index is 1.81. The van der Waals surface area contributed by atoms with Gasteiger partial charge in [0.2, 0.25) is 0 Å². The number of nitrogens with two attached hydrogens (primary N) is 1. The third kappa shape index (κ3) is 3.24. The zero-order valence-electron chi connectivity index (χ0n) is 18.1. The van der Waals surface area contributed by atoms with Crippen LogP contribution in [0.2, 0.25) is 0 Å². The number of rotatable bonds is 1. The Morgan fingerprint density at radius 3 is 2.90 bits per heavy atom. The number of aryl methyl sites for hydroxylation is 3. The lowest BCUT2D eigenvalue weighted by Crippen LogP contribution is -2.11. The van der Waals surface area contributed by atoms with Crippen molar-refractivity contribution in [3.8, 4) is 28.3 Å². The fraction of sp³-hybridized carbons (Fsp3) is 0.304. The van der Waals surface area contributed by atoms with Gasteiger partial charge in [0, 0.05) is 41.7 Å². The first-order valence-electron chi connectivity index (χ1n) is 10.4. The van der Waals surface area contributed by atoms with Crippen LogP contribution in [-0.2, 0) is 20.0 Å². The van der Waals surface area contributed by atoms with Gasteiger partial charge in [-0.15, -0.1) is 5.10 Å². The van der Waals surface area contributed by atoms with Crippen molar-refractivity contribution in [1.29, 1.82) is 0 Å². The average Bonchev–Trinajstić information content (AvgIpc) is 3.32. The average molecular weight is 416 g/mol. The van der Waals surface area contributed by atoms with E-state index in [4.69, 9.17) is 15.6 Å². The van der Waals surface area contributed by atoms with E-state index in [9.17, 15) is 0 Å². The van der Waals surface area contributed by atoms with E-state index in [0.29, 0.717) is 18.1 Å². The molecule has 8 heteroatoms. The van der Waals surface area contributed by atoms with Crippen LogP contribution in [0.4, 0.5) is 5.82 Å². The van der Waals surface area contributed by atoms with Gasteiger partial charge in [-0.3, -0.25) is 4.68 Å². The summed E-state index contributed by atoms with van der Waals surface area (Å²) in [5, 5.41) is 13.7. The van der Waals surface area contributed by atoms with Crippen LogP contribution in [0.3, 0.4) is 0 Å². The van der Waals surface area contributed by atoms with Gasteiger partial charge in [-0.1, -0.05) is 35.9 Å². The molecule has 0 saturated heterocycles. The summed E-state index contributed by atoms with van der Waals surface area (Å²) in [5.74, 6) is 0.909. The molecule has 1 aliphatic rings. The van der Waals surface area contributed by atoms with Crippen LogP contribution in [0.1, 0.15) is 42.3 Å². The molecular formula is C23H25N7O. The Hall–Kier alpha value is -3.68. The number of anilines is 1. The largest absolute Gasteiger partial charge is 0.482 e. The molecule has 0 aliphatic carbocycles. The molecule has 1 aliphatic heterocycles. The van der Waals surface area contributed by atoms with E-state index in [-0.39, 0.29) is 6.10 Å². The van der Waals surface area contributed by atoms with E-state index in [1.807, 2.05) is 35.6 Å². The van der Waals surface area contributed by atoms with Crippen molar-refractivity contribution in [3.63, 3.8) is 0 Å². The molecule has 1 aromatic carbocycles. The molecule has 1 unspecified atom stereocenters. The maximum absolute atomic E-state index is 6.35. The Kier molecular flexibility index (Phi) is 4.50. The van der Waals surface area contributed by atoms with Gasteiger partial charge in [0.25, 0.3) is 0 Å². The van der Waals surface area contributed by atoms with Crippen LogP contribution in [0, 0.1) is 6.92 Å². The number of aromatic nitrogens is 6. The fourth-order valence-corrected chi connectivity index (χ4v) is 4.22. The number of ether oxygens (including phenoxy) is 1. The highest BCUT2D eigenvalue weighted by Gasteiger charge is 2.24. The second kappa shape index (κ2) is 7.23. The third-order valence-electron chi connectivity index (χ3n) is 5.72. The van der Waals surface area contributed by atoms with Gasteiger partial charge in [0.15, 0.2) is 11.6 Å². The smallest absolute Gasteiger partial charge is 0.166 e. The summed E-state index contributed by atoms with van der Waals surface area (Å²) >= 11 is 0. The topological polar surface area (TPSA) is 96.7 Å². The first kappa shape index (κ1) is 19.3. The first-order valence-corrected chi connectivity index (χ1v) is 10.4. The lowest BCUT2D eigenvalue weighted by atomic mass is 9.96. The highest BCUT2D eigenvalue weighted by atomic mass is 16.5. The van der Waals surface area contributed by atoms with E-state index < -0.39 is 0 Å². The maximum Gasteiger partial charge on any atom is 0.166 e. The van der Waals surface area contributed by atoms with E-state index in [1.54, 1.807) is 6.20 Å². The molecule has 3 aromatic heterocycles. The minimum atomic E-state index is -0.239. The van der Waals surface area contributed by atoms with E-state index in [2.05, 4.69) is 47.3 Å². The molecule has 8 nitrogen and oxygen atoms in total. The monoisotopic (exact) mass is 415 g/mol. The lowest BCUT2D eigenvalue weighted by Gasteiger charge is -2.21. The highest BCUT2D eigenvalue weighted by Crippen LogP contribution is 2.37. The molecule has 4 heterocycles. The van der Waals surface area contributed by atoms with Gasteiger partial charge in [0.05, 0.1) is 23.6 Å². The molecule has 0 amide bonds. The molecule has 0 spiro atoms. The lowest BCUT2D eigenvalue weighted by molar-refractivity contribution is 0.228. The SMILES string of the molecule is CCc1nnn2c1-c1cnc(N)c(c1)OC(C)c1cc(C)ccc1-c1nn(C)cc1C2. The number of fused-ring (bicyclic) bond motifs is 7. The van der Waals surface area contributed by atoms with Crippen LogP contribution in [0.15, 0.2) is 36.7 Å². The molecule has 0 fully saturated rings. The predicted octanol–water partition coefficient (Wildman–Crippen LogP) is 3.70. The molecule has 2 bridgehead atoms. The predicted molar refractivity (Wildman–Crippen MR) is 119 cm³/mol. The van der Waals surface area contributed by atoms with E-state index in [1.165, 1.54) is 0 Å². The van der Waals surface area contributed by atoms with E-state index in [0.717, 1.165) is 51.3 Å². The number of hydrogen-bond acceptors (Lipinski definition) is 6. The molecule has 0 radical (unpaired) electrons. The van der Waals surface area contributed by atoms with Crippen molar-refractivity contribution >= 4 is 5.82 Å². The summed E-state index contributed by atoms with van der Waals surface area (Å²) in [5.41, 5.74) is 14.1. The number of nitrogens with zero attached hydrogens (tertiary/aromatic N) is 6. The van der Waals surface area contributed by atoms with Gasteiger partial charge in [0.1, 0.15) is 6.10 Å². The number of benzene rings is 1. The fourth-order valence-electron chi connectivity index (χ4n) is 4.22. The van der Waals surface area contributed by atoms with Crippen LogP contribution < -0.4 is 10.5 Å². The Bertz CT molecular complexity index is 1290. The molecule has 31 heavy (non-hydrogen) atoms. The second-order valence-electron chi connectivity index (χ2n) is 8.03. The molecule has 158 valence electrons. The Morgan fingerprint density at radius 1 is 1.26 bits per heavy atom. The maximum atomic E-state index is 6.35. The van der Waals surface area contributed by atoms with Gasteiger partial charge in [-0.25, -0.2) is 9.67 Å². The van der Waals surface area contributed by atoms with Crippen molar-refractivity contribution in [1.82, 2.24) is 29.8 Å². The van der Waals surface area contributed by atoms with Gasteiger partial charge >= 0.3 is 0 Å². The summed E-state index contributed by atoms with van der Waals surface area (Å²) in [6.07, 6.45) is 4.32. The molecule has 4 aromatic rings. The zero-order chi connectivity index (χ0) is 21.7. The van der Waals surface area contributed by atoms with Crippen molar-refractivity contribution in [3.05, 3.63) is 59.0 Å². The summed E-state index contributed by atoms with van der Waals surface area (Å²) in [6, 6.07) is 8.30. The number of nitrogen functional groups attached to an aromatic ring is 1. The first-order chi connectivity index (χ1) is 14.9. The van der Waals surface area contributed by atoms with Crippen molar-refractivity contribution in [2.75, 3.05) is 5.73 Å². The van der Waals surface area contributed by atoms with Crippen molar-refractivity contribution in [2.24, 2.45) is 7.05 Å². The minimum absolute atomic E-state index is 0.239. The van der Waals surface area contributed by atoms with Gasteiger partial charge < -0.3 is 10.5 Å². The second-order valence-corrected chi connectivity index (χ2v) is 8.03. The number of pyridine rings is 1. The summed E-state index contributed by atoms with van der Waals surface area (Å²) in [6.45, 7) is 6.72. The van der Waals surface area contributed by atoms with Crippen LogP contribution in [-0.4, -0.2) is 29.8 Å². The molecule has 1 atom stereocenters. The summed E-state index contributed by atoms with van der Waals surface area (Å²) < 4.78 is 10.1. The standard InChI is InChI=1S/C23H25N7O/c1-5-19-22-15-9-20(23(24)25-10-15)31-14(3)18-8-13(2)6-7-17(18)21-16(11-29(4)27-21)12-30(22)28-26-19/h6-11,14H,5,12H2,1-4H3,(H2,24,25). The molecule has 0 saturated carbocycles. The minimum Gasteiger partial charge on any atom is -0.482 e. The van der Waals surface area contributed by atoms with Gasteiger partial charge in [-0.05, 0) is 26.3 Å². The molecule has 5 rings (SSSR count). The number of hydrogen-bond donors (Lipinski definition) is 1. The normalized spacial score (nSPS) is 15.2. The third-order valence-corrected chi connectivity index (χ3v) is 5.72. The van der Waals surface area contributed by atoms with Crippen LogP contribution in [0.25, 0.3) is 22.5 Å². The summed E-state index contributed by atoms with van der Waals surface area (Å²) in [7, 11) is 1.94. The zero-order valence-corrected chi connectivity index (χ0v) is 18.1. The molecule has 2 N–H and O–H groups in total. The Labute approximate surface area is 180 Å².